The van der Waals surface area contributed by atoms with E-state index in [4.69, 9.17) is 0 Å². The summed E-state index contributed by atoms with van der Waals surface area (Å²) in [6, 6.07) is 2.50. The Morgan fingerprint density at radius 3 is 2.45 bits per heavy atom. The van der Waals surface area contributed by atoms with Crippen LogP contribution in [0.5, 0.6) is 0 Å². The Kier molecular flexibility index (Phi) is 10.7. The summed E-state index contributed by atoms with van der Waals surface area (Å²) in [5.41, 5.74) is -0.418. The molecule has 1 amide bonds. The van der Waals surface area contributed by atoms with Crippen LogP contribution in [0.25, 0.3) is 0 Å². The first kappa shape index (κ1) is 25.5. The third kappa shape index (κ3) is 7.65. The second kappa shape index (κ2) is 12.2. The molecule has 10 heteroatoms. The Labute approximate surface area is 186 Å². The lowest BCUT2D eigenvalue weighted by Gasteiger charge is -2.35. The van der Waals surface area contributed by atoms with Crippen LogP contribution in [0, 0.1) is 17.5 Å². The van der Waals surface area contributed by atoms with Gasteiger partial charge in [-0.05, 0) is 45.7 Å². The topological polar surface area (TPSA) is 68.8 Å². The number of piperidine rings is 1. The van der Waals surface area contributed by atoms with Gasteiger partial charge in [-0.15, -0.1) is 24.0 Å². The van der Waals surface area contributed by atoms with E-state index in [0.717, 1.165) is 38.1 Å². The maximum Gasteiger partial charge on any atom is 0.246 e. The predicted molar refractivity (Wildman–Crippen MR) is 119 cm³/mol. The van der Waals surface area contributed by atoms with Crippen LogP contribution in [-0.2, 0) is 4.79 Å². The number of carbonyl (C=O) groups is 1. The zero-order chi connectivity index (χ0) is 20.7. The molecule has 0 atom stereocenters. The van der Waals surface area contributed by atoms with Crippen molar-refractivity contribution in [1.82, 2.24) is 15.5 Å². The molecular weight excluding hydrogens is 498 g/mol. The van der Waals surface area contributed by atoms with Crippen molar-refractivity contribution in [1.29, 1.82) is 0 Å². The third-order valence-corrected chi connectivity index (χ3v) is 4.63. The van der Waals surface area contributed by atoms with Crippen LogP contribution >= 0.6 is 24.0 Å². The highest BCUT2D eigenvalue weighted by molar-refractivity contribution is 14.0. The van der Waals surface area contributed by atoms with Gasteiger partial charge < -0.3 is 20.9 Å². The van der Waals surface area contributed by atoms with E-state index in [0.29, 0.717) is 18.5 Å². The molecule has 0 saturated carbocycles. The van der Waals surface area contributed by atoms with Gasteiger partial charge in [0, 0.05) is 31.7 Å². The second-order valence-electron chi connectivity index (χ2n) is 7.01. The molecule has 1 saturated heterocycles. The number of benzene rings is 1. The summed E-state index contributed by atoms with van der Waals surface area (Å²) in [6.07, 6.45) is 1.93. The van der Waals surface area contributed by atoms with Crippen molar-refractivity contribution in [2.75, 3.05) is 31.5 Å². The molecule has 2 rings (SSSR count). The number of hydrogen-bond donors (Lipinski definition) is 3. The van der Waals surface area contributed by atoms with Crippen molar-refractivity contribution in [2.45, 2.75) is 45.7 Å². The fourth-order valence-electron chi connectivity index (χ4n) is 3.04. The Morgan fingerprint density at radius 1 is 1.21 bits per heavy atom. The number of amides is 1. The Hall–Kier alpha value is -1.56. The van der Waals surface area contributed by atoms with Gasteiger partial charge >= 0.3 is 0 Å². The zero-order valence-corrected chi connectivity index (χ0v) is 19.2. The molecule has 0 radical (unpaired) electrons. The summed E-state index contributed by atoms with van der Waals surface area (Å²) in [4.78, 5) is 18.6. The molecule has 6 nitrogen and oxygen atoms in total. The minimum Gasteiger partial charge on any atom is -0.357 e. The lowest BCUT2D eigenvalue weighted by molar-refractivity contribution is -0.114. The van der Waals surface area contributed by atoms with Gasteiger partial charge in [0.05, 0.1) is 5.69 Å². The van der Waals surface area contributed by atoms with E-state index >= 15 is 0 Å². The van der Waals surface area contributed by atoms with Gasteiger partial charge in [0.2, 0.25) is 5.91 Å². The molecule has 1 aromatic carbocycles. The molecule has 0 unspecified atom stereocenters. The maximum atomic E-state index is 13.6. The largest absolute Gasteiger partial charge is 0.357 e. The summed E-state index contributed by atoms with van der Waals surface area (Å²) < 4.78 is 39.8. The molecule has 1 aromatic rings. The summed E-state index contributed by atoms with van der Waals surface area (Å²) in [6.45, 7) is 8.58. The highest BCUT2D eigenvalue weighted by Crippen LogP contribution is 2.19. The standard InChI is InChI=1S/C19H28F3N5O.HI/c1-4-23-19(25-13-7-9-27(10-8-13)12(2)3)24-11-16(28)26-15-6-5-14(20)17(21)18(15)22;/h5-6,12-13H,4,7-11H2,1-3H3,(H,26,28)(H2,23,24,25);1H. The van der Waals surface area contributed by atoms with Crippen molar-refractivity contribution >= 4 is 41.5 Å². The van der Waals surface area contributed by atoms with Gasteiger partial charge in [0.1, 0.15) is 6.54 Å². The Balaban J connectivity index is 0.00000420. The number of carbonyl (C=O) groups excluding carboxylic acids is 1. The molecule has 0 aromatic heterocycles. The quantitative estimate of drug-likeness (QED) is 0.230. The van der Waals surface area contributed by atoms with E-state index in [1.165, 1.54) is 0 Å². The van der Waals surface area contributed by atoms with E-state index in [2.05, 4.69) is 39.7 Å². The number of aliphatic imine (C=N–C) groups is 1. The molecule has 0 bridgehead atoms. The molecule has 3 N–H and O–H groups in total. The first-order chi connectivity index (χ1) is 13.3. The number of halogens is 4. The van der Waals surface area contributed by atoms with Crippen LogP contribution in [0.15, 0.2) is 17.1 Å². The molecule has 1 fully saturated rings. The van der Waals surface area contributed by atoms with Crippen molar-refractivity contribution in [3.05, 3.63) is 29.6 Å². The van der Waals surface area contributed by atoms with E-state index in [1.807, 2.05) is 6.92 Å². The van der Waals surface area contributed by atoms with Crippen LogP contribution in [0.1, 0.15) is 33.6 Å². The number of guanidine groups is 1. The van der Waals surface area contributed by atoms with Crippen molar-refractivity contribution < 1.29 is 18.0 Å². The molecule has 0 aliphatic carbocycles. The van der Waals surface area contributed by atoms with E-state index in [-0.39, 0.29) is 36.6 Å². The number of hydrogen-bond acceptors (Lipinski definition) is 3. The number of rotatable bonds is 6. The summed E-state index contributed by atoms with van der Waals surface area (Å²) in [5, 5.41) is 8.59. The SMILES string of the molecule is CCNC(=NCC(=O)Nc1ccc(F)c(F)c1F)NC1CCN(C(C)C)CC1.I. The summed E-state index contributed by atoms with van der Waals surface area (Å²) in [5.74, 6) is -4.50. The van der Waals surface area contributed by atoms with E-state index in [1.54, 1.807) is 0 Å². The highest BCUT2D eigenvalue weighted by Gasteiger charge is 2.21. The summed E-state index contributed by atoms with van der Waals surface area (Å²) in [7, 11) is 0. The minimum absolute atomic E-state index is 0. The highest BCUT2D eigenvalue weighted by atomic mass is 127. The molecule has 1 heterocycles. The van der Waals surface area contributed by atoms with E-state index in [9.17, 15) is 18.0 Å². The van der Waals surface area contributed by atoms with E-state index < -0.39 is 29.0 Å². The molecule has 164 valence electrons. The lowest BCUT2D eigenvalue weighted by Crippen LogP contribution is -2.50. The average Bonchev–Trinajstić information content (AvgIpc) is 2.67. The average molecular weight is 527 g/mol. The fourth-order valence-corrected chi connectivity index (χ4v) is 3.04. The molecule has 29 heavy (non-hydrogen) atoms. The molecule has 0 spiro atoms. The Bertz CT molecular complexity index is 709. The lowest BCUT2D eigenvalue weighted by atomic mass is 10.0. The second-order valence-corrected chi connectivity index (χ2v) is 7.01. The van der Waals surface area contributed by atoms with Gasteiger partial charge in [-0.3, -0.25) is 4.79 Å². The zero-order valence-electron chi connectivity index (χ0n) is 16.9. The smallest absolute Gasteiger partial charge is 0.246 e. The first-order valence-electron chi connectivity index (χ1n) is 9.54. The van der Waals surface area contributed by atoms with Gasteiger partial charge in [0.15, 0.2) is 23.4 Å². The van der Waals surface area contributed by atoms with Gasteiger partial charge in [-0.2, -0.15) is 0 Å². The maximum absolute atomic E-state index is 13.6. The fraction of sp³-hybridized carbons (Fsp3) is 0.579. The number of nitrogens with one attached hydrogen (secondary N) is 3. The van der Waals surface area contributed by atoms with Crippen LogP contribution in [0.2, 0.25) is 0 Å². The van der Waals surface area contributed by atoms with Crippen LogP contribution in [-0.4, -0.2) is 55.0 Å². The molecule has 1 aliphatic heterocycles. The first-order valence-corrected chi connectivity index (χ1v) is 9.54. The predicted octanol–water partition coefficient (Wildman–Crippen LogP) is 3.09. The normalized spacial score (nSPS) is 15.8. The number of nitrogens with zero attached hydrogens (tertiary/aromatic N) is 2. The summed E-state index contributed by atoms with van der Waals surface area (Å²) >= 11 is 0. The van der Waals surface area contributed by atoms with Crippen molar-refractivity contribution in [2.24, 2.45) is 4.99 Å². The van der Waals surface area contributed by atoms with Crippen molar-refractivity contribution in [3.8, 4) is 0 Å². The Morgan fingerprint density at radius 2 is 1.86 bits per heavy atom. The number of likely N-dealkylation sites (tertiary alicyclic amines) is 1. The van der Waals surface area contributed by atoms with Gasteiger partial charge in [-0.25, -0.2) is 18.2 Å². The van der Waals surface area contributed by atoms with Gasteiger partial charge in [0.25, 0.3) is 0 Å². The minimum atomic E-state index is -1.62. The molecular formula is C19H29F3IN5O. The van der Waals surface area contributed by atoms with Crippen LogP contribution < -0.4 is 16.0 Å². The van der Waals surface area contributed by atoms with Gasteiger partial charge in [-0.1, -0.05) is 0 Å². The monoisotopic (exact) mass is 527 g/mol. The molecule has 1 aliphatic rings. The number of anilines is 1. The van der Waals surface area contributed by atoms with Crippen LogP contribution in [0.3, 0.4) is 0 Å². The van der Waals surface area contributed by atoms with Crippen molar-refractivity contribution in [3.63, 3.8) is 0 Å². The third-order valence-electron chi connectivity index (χ3n) is 4.63. The van der Waals surface area contributed by atoms with Crippen LogP contribution in [0.4, 0.5) is 18.9 Å².